The van der Waals surface area contributed by atoms with Gasteiger partial charge in [-0.15, -0.1) is 0 Å². The third kappa shape index (κ3) is 8.64. The first-order valence-corrected chi connectivity index (χ1v) is 9.66. The van der Waals surface area contributed by atoms with E-state index in [0.717, 1.165) is 16.7 Å². The Labute approximate surface area is 175 Å². The van der Waals surface area contributed by atoms with Crippen molar-refractivity contribution in [1.29, 1.82) is 0 Å². The van der Waals surface area contributed by atoms with E-state index in [-0.39, 0.29) is 32.1 Å². The van der Waals surface area contributed by atoms with Gasteiger partial charge < -0.3 is 14.8 Å². The molecule has 0 atom stereocenters. The number of carbonyl (C=O) groups excluding carboxylic acids is 3. The van der Waals surface area contributed by atoms with Gasteiger partial charge in [0.1, 0.15) is 12.4 Å². The molecule has 2 aromatic rings. The molecule has 0 saturated heterocycles. The van der Waals surface area contributed by atoms with E-state index in [1.807, 2.05) is 56.3 Å². The molecule has 0 aliphatic heterocycles. The summed E-state index contributed by atoms with van der Waals surface area (Å²) in [6.07, 6.45) is -0.00510. The SMILES string of the molecule is Cc1ccc(OCC(=O)NNC(=O)CCCNC(=O)OCc2ccccc2)cc1C. The molecule has 3 amide bonds. The first-order valence-electron chi connectivity index (χ1n) is 9.66. The maximum atomic E-state index is 11.8. The van der Waals surface area contributed by atoms with Gasteiger partial charge in [-0.1, -0.05) is 36.4 Å². The molecule has 0 saturated carbocycles. The highest BCUT2D eigenvalue weighted by molar-refractivity contribution is 5.82. The number of hydrazine groups is 1. The van der Waals surface area contributed by atoms with Gasteiger partial charge in [0, 0.05) is 13.0 Å². The van der Waals surface area contributed by atoms with Crippen molar-refractivity contribution < 1.29 is 23.9 Å². The van der Waals surface area contributed by atoms with Crippen LogP contribution in [0.5, 0.6) is 5.75 Å². The minimum Gasteiger partial charge on any atom is -0.484 e. The number of carbonyl (C=O) groups is 3. The van der Waals surface area contributed by atoms with Crippen LogP contribution in [0.2, 0.25) is 0 Å². The molecule has 0 spiro atoms. The van der Waals surface area contributed by atoms with Crippen molar-refractivity contribution >= 4 is 17.9 Å². The zero-order chi connectivity index (χ0) is 21.8. The fourth-order valence-corrected chi connectivity index (χ4v) is 2.40. The fraction of sp³-hybridized carbons (Fsp3) is 0.318. The molecule has 0 unspecified atom stereocenters. The van der Waals surface area contributed by atoms with Crippen molar-refractivity contribution in [1.82, 2.24) is 16.2 Å². The lowest BCUT2D eigenvalue weighted by molar-refractivity contribution is -0.130. The lowest BCUT2D eigenvalue weighted by Gasteiger charge is -2.10. The van der Waals surface area contributed by atoms with Crippen LogP contribution in [-0.2, 0) is 20.9 Å². The number of hydrogen-bond donors (Lipinski definition) is 3. The molecule has 160 valence electrons. The Balaban J connectivity index is 1.52. The standard InChI is InChI=1S/C22H27N3O5/c1-16-10-11-19(13-17(16)2)29-15-21(27)25-24-20(26)9-6-12-23-22(28)30-14-18-7-4-3-5-8-18/h3-5,7-8,10-11,13H,6,9,12,14-15H2,1-2H3,(H,23,28)(H,24,26)(H,25,27). The molecule has 2 rings (SSSR count). The molecule has 0 bridgehead atoms. The molecule has 0 heterocycles. The van der Waals surface area contributed by atoms with E-state index in [1.54, 1.807) is 6.07 Å². The van der Waals surface area contributed by atoms with Crippen LogP contribution < -0.4 is 20.9 Å². The van der Waals surface area contributed by atoms with Crippen LogP contribution in [0.4, 0.5) is 4.79 Å². The number of aryl methyl sites for hydroxylation is 2. The van der Waals surface area contributed by atoms with Gasteiger partial charge in [-0.2, -0.15) is 0 Å². The number of amides is 3. The summed E-state index contributed by atoms with van der Waals surface area (Å²) < 4.78 is 10.5. The van der Waals surface area contributed by atoms with Crippen molar-refractivity contribution in [3.05, 3.63) is 65.2 Å². The highest BCUT2D eigenvalue weighted by Gasteiger charge is 2.07. The lowest BCUT2D eigenvalue weighted by atomic mass is 10.1. The molecule has 0 aliphatic carbocycles. The predicted octanol–water partition coefficient (Wildman–Crippen LogP) is 2.54. The Bertz CT molecular complexity index is 855. The van der Waals surface area contributed by atoms with E-state index >= 15 is 0 Å². The summed E-state index contributed by atoms with van der Waals surface area (Å²) in [6, 6.07) is 14.9. The van der Waals surface area contributed by atoms with Crippen molar-refractivity contribution in [3.63, 3.8) is 0 Å². The molecule has 0 radical (unpaired) electrons. The Morgan fingerprint density at radius 3 is 2.37 bits per heavy atom. The second-order valence-corrected chi connectivity index (χ2v) is 6.72. The fourth-order valence-electron chi connectivity index (χ4n) is 2.40. The van der Waals surface area contributed by atoms with Crippen LogP contribution in [0.25, 0.3) is 0 Å². The first-order chi connectivity index (χ1) is 14.4. The maximum absolute atomic E-state index is 11.8. The van der Waals surface area contributed by atoms with E-state index in [0.29, 0.717) is 12.2 Å². The Hall–Kier alpha value is -3.55. The molecule has 8 nitrogen and oxygen atoms in total. The molecule has 0 aliphatic rings. The third-order valence-electron chi connectivity index (χ3n) is 4.25. The molecule has 0 fully saturated rings. The van der Waals surface area contributed by atoms with Crippen LogP contribution in [0.3, 0.4) is 0 Å². The van der Waals surface area contributed by atoms with Gasteiger partial charge in [0.05, 0.1) is 0 Å². The van der Waals surface area contributed by atoms with Crippen molar-refractivity contribution in [2.45, 2.75) is 33.3 Å². The van der Waals surface area contributed by atoms with Crippen LogP contribution in [0.1, 0.15) is 29.5 Å². The van der Waals surface area contributed by atoms with E-state index in [9.17, 15) is 14.4 Å². The smallest absolute Gasteiger partial charge is 0.407 e. The maximum Gasteiger partial charge on any atom is 0.407 e. The average molecular weight is 413 g/mol. The number of alkyl carbamates (subject to hydrolysis) is 1. The molecule has 2 aromatic carbocycles. The van der Waals surface area contributed by atoms with E-state index < -0.39 is 12.0 Å². The lowest BCUT2D eigenvalue weighted by Crippen LogP contribution is -2.44. The van der Waals surface area contributed by atoms with Crippen LogP contribution in [0, 0.1) is 13.8 Å². The second-order valence-electron chi connectivity index (χ2n) is 6.72. The van der Waals surface area contributed by atoms with Crippen LogP contribution in [0.15, 0.2) is 48.5 Å². The zero-order valence-corrected chi connectivity index (χ0v) is 17.2. The Kier molecular flexibility index (Phi) is 9.18. The largest absolute Gasteiger partial charge is 0.484 e. The summed E-state index contributed by atoms with van der Waals surface area (Å²) in [4.78, 5) is 35.1. The van der Waals surface area contributed by atoms with E-state index in [2.05, 4.69) is 16.2 Å². The first kappa shape index (κ1) is 22.7. The van der Waals surface area contributed by atoms with Crippen molar-refractivity contribution in [2.75, 3.05) is 13.2 Å². The topological polar surface area (TPSA) is 106 Å². The third-order valence-corrected chi connectivity index (χ3v) is 4.25. The number of ether oxygens (including phenoxy) is 2. The Morgan fingerprint density at radius 2 is 1.63 bits per heavy atom. The molecular weight excluding hydrogens is 386 g/mol. The number of benzene rings is 2. The van der Waals surface area contributed by atoms with E-state index in [4.69, 9.17) is 9.47 Å². The molecule has 30 heavy (non-hydrogen) atoms. The van der Waals surface area contributed by atoms with Gasteiger partial charge in [0.2, 0.25) is 5.91 Å². The zero-order valence-electron chi connectivity index (χ0n) is 17.2. The van der Waals surface area contributed by atoms with Gasteiger partial charge in [-0.05, 0) is 49.1 Å². The summed E-state index contributed by atoms with van der Waals surface area (Å²) in [7, 11) is 0. The number of rotatable bonds is 9. The van der Waals surface area contributed by atoms with Gasteiger partial charge in [0.15, 0.2) is 6.61 Å². The average Bonchev–Trinajstić information content (AvgIpc) is 2.75. The minimum absolute atomic E-state index is 0.136. The summed E-state index contributed by atoms with van der Waals surface area (Å²) >= 11 is 0. The van der Waals surface area contributed by atoms with Crippen LogP contribution in [-0.4, -0.2) is 31.1 Å². The highest BCUT2D eigenvalue weighted by atomic mass is 16.5. The molecule has 0 aromatic heterocycles. The monoisotopic (exact) mass is 413 g/mol. The minimum atomic E-state index is -0.545. The molecular formula is C22H27N3O5. The number of hydrogen-bond acceptors (Lipinski definition) is 5. The molecule has 8 heteroatoms. The Morgan fingerprint density at radius 1 is 0.900 bits per heavy atom. The van der Waals surface area contributed by atoms with Gasteiger partial charge in [0.25, 0.3) is 5.91 Å². The quantitative estimate of drug-likeness (QED) is 0.433. The number of nitrogens with one attached hydrogen (secondary N) is 3. The van der Waals surface area contributed by atoms with Crippen molar-refractivity contribution in [3.8, 4) is 5.75 Å². The summed E-state index contributed by atoms with van der Waals surface area (Å²) in [5.41, 5.74) is 7.70. The van der Waals surface area contributed by atoms with Crippen molar-refractivity contribution in [2.24, 2.45) is 0 Å². The van der Waals surface area contributed by atoms with Crippen LogP contribution >= 0.6 is 0 Å². The summed E-state index contributed by atoms with van der Waals surface area (Å²) in [6.45, 7) is 4.21. The van der Waals surface area contributed by atoms with Gasteiger partial charge >= 0.3 is 6.09 Å². The van der Waals surface area contributed by atoms with Gasteiger partial charge in [-0.3, -0.25) is 20.4 Å². The summed E-state index contributed by atoms with van der Waals surface area (Å²) in [5, 5.41) is 2.57. The summed E-state index contributed by atoms with van der Waals surface area (Å²) in [5.74, 6) is -0.247. The molecule has 3 N–H and O–H groups in total. The highest BCUT2D eigenvalue weighted by Crippen LogP contribution is 2.16. The van der Waals surface area contributed by atoms with E-state index in [1.165, 1.54) is 0 Å². The predicted molar refractivity (Wildman–Crippen MR) is 112 cm³/mol. The normalized spacial score (nSPS) is 10.1. The second kappa shape index (κ2) is 12.1. The van der Waals surface area contributed by atoms with Gasteiger partial charge in [-0.25, -0.2) is 4.79 Å².